The van der Waals surface area contributed by atoms with Gasteiger partial charge in [0.05, 0.1) is 21.7 Å². The van der Waals surface area contributed by atoms with Gasteiger partial charge in [0.15, 0.2) is 33.5 Å². The van der Waals surface area contributed by atoms with E-state index in [4.69, 9.17) is 55.2 Å². The van der Waals surface area contributed by atoms with Crippen LogP contribution in [0.25, 0.3) is 32.9 Å². The first-order valence-corrected chi connectivity index (χ1v) is 31.4. The monoisotopic (exact) mass is 1290 g/mol. The Morgan fingerprint density at radius 2 is 0.802 bits per heavy atom. The third-order valence-electron chi connectivity index (χ3n) is 11.9. The number of ether oxygens (including phenoxy) is 2. The molecule has 3 aromatic heterocycles. The summed E-state index contributed by atoms with van der Waals surface area (Å²) < 4.78 is 26.1. The van der Waals surface area contributed by atoms with Crippen LogP contribution < -0.4 is 25.9 Å². The predicted octanol–water partition coefficient (Wildman–Crippen LogP) is 14.2. The Balaban J connectivity index is 0.000000542. The molecular weight excluding hydrogens is 1190 g/mol. The zero-order valence-electron chi connectivity index (χ0n) is 56.0. The molecule has 0 bridgehead atoms. The maximum Gasteiger partial charge on any atom is 0.410 e. The first kappa shape index (κ1) is 80.4. The highest BCUT2D eigenvalue weighted by Crippen LogP contribution is 2.28. The second-order valence-corrected chi connectivity index (χ2v) is 20.5. The number of amides is 3. The molecule has 6 heterocycles. The van der Waals surface area contributed by atoms with Gasteiger partial charge < -0.3 is 68.6 Å². The van der Waals surface area contributed by atoms with Crippen molar-refractivity contribution in [2.75, 3.05) is 88.3 Å². The molecule has 8 aromatic rings. The number of para-hydroxylation sites is 5. The van der Waals surface area contributed by atoms with Crippen molar-refractivity contribution in [3.05, 3.63) is 138 Å². The number of nitrogens with zero attached hydrogens (tertiary/aromatic N) is 7. The number of aromatic hydroxyl groups is 2. The van der Waals surface area contributed by atoms with Crippen molar-refractivity contribution in [1.82, 2.24) is 41.4 Å². The largest absolute Gasteiger partial charge is 0.507 e. The topological polar surface area (TPSA) is 295 Å². The number of carboxylic acid groups (broad SMARTS) is 1. The van der Waals surface area contributed by atoms with E-state index in [1.807, 2.05) is 178 Å². The highest BCUT2D eigenvalue weighted by molar-refractivity contribution is 6.34. The summed E-state index contributed by atoms with van der Waals surface area (Å²) in [5, 5.41) is 56.4. The second kappa shape index (κ2) is 43.9. The average molecular weight is 1290 g/mol. The van der Waals surface area contributed by atoms with Crippen molar-refractivity contribution in [1.29, 1.82) is 0 Å². The third-order valence-corrected chi connectivity index (χ3v) is 12.1. The van der Waals surface area contributed by atoms with Crippen LogP contribution in [0, 0.1) is 0 Å². The van der Waals surface area contributed by atoms with Gasteiger partial charge in [-0.1, -0.05) is 157 Å². The number of piperazine rings is 3. The van der Waals surface area contributed by atoms with E-state index in [1.54, 1.807) is 34.1 Å². The molecule has 3 aliphatic rings. The molecule has 0 atom stereocenters. The van der Waals surface area contributed by atoms with Gasteiger partial charge in [0.2, 0.25) is 0 Å². The number of halogens is 1. The second-order valence-electron chi connectivity index (χ2n) is 20.2. The van der Waals surface area contributed by atoms with Gasteiger partial charge in [-0.25, -0.2) is 19.9 Å². The number of anilines is 2. The minimum absolute atomic E-state index is 0.0509. The highest BCUT2D eigenvalue weighted by Gasteiger charge is 2.28. The number of fused-ring (bicyclic) bond motifs is 3. The number of hydroxylamine groups is 1. The van der Waals surface area contributed by atoms with Gasteiger partial charge in [-0.05, 0) is 102 Å². The molecular formula is C67H99ClN10O13. The molecule has 502 valence electrons. The smallest absolute Gasteiger partial charge is 0.410 e. The normalized spacial score (nSPS) is 13.0. The molecule has 3 saturated heterocycles. The molecule has 23 nitrogen and oxygen atoms in total. The minimum Gasteiger partial charge on any atom is -0.507 e. The highest BCUT2D eigenvalue weighted by atomic mass is 35.5. The quantitative estimate of drug-likeness (QED) is 0.0636. The van der Waals surface area contributed by atoms with E-state index in [-0.39, 0.29) is 40.4 Å². The number of hydrogen-bond donors (Lipinski definition) is 7. The summed E-state index contributed by atoms with van der Waals surface area (Å²) in [6.45, 7) is 41.2. The summed E-state index contributed by atoms with van der Waals surface area (Å²) >= 11 is 5.67. The number of carboxylic acids is 1. The Bertz CT molecular complexity index is 3280. The van der Waals surface area contributed by atoms with Crippen molar-refractivity contribution >= 4 is 80.2 Å². The van der Waals surface area contributed by atoms with Crippen LogP contribution in [0.2, 0.25) is 5.15 Å². The van der Waals surface area contributed by atoms with E-state index in [0.29, 0.717) is 18.2 Å². The summed E-state index contributed by atoms with van der Waals surface area (Å²) in [4.78, 5) is 52.4. The number of nitrogens with one attached hydrogen (secondary N) is 3. The molecule has 3 amide bonds. The lowest BCUT2D eigenvalue weighted by Crippen LogP contribution is -2.50. The molecule has 0 saturated carbocycles. The maximum absolute atomic E-state index is 12.1. The van der Waals surface area contributed by atoms with Crippen LogP contribution in [0.4, 0.5) is 21.2 Å². The van der Waals surface area contributed by atoms with Crippen LogP contribution in [0.3, 0.4) is 0 Å². The Kier molecular flexibility index (Phi) is 38.8. The van der Waals surface area contributed by atoms with Gasteiger partial charge in [0.25, 0.3) is 5.91 Å². The number of aromatic nitrogens is 3. The van der Waals surface area contributed by atoms with Gasteiger partial charge in [0, 0.05) is 78.5 Å². The zero-order chi connectivity index (χ0) is 68.5. The molecule has 3 fully saturated rings. The van der Waals surface area contributed by atoms with E-state index in [1.165, 1.54) is 29.7 Å². The Morgan fingerprint density at radius 3 is 1.18 bits per heavy atom. The van der Waals surface area contributed by atoms with Crippen LogP contribution in [-0.4, -0.2) is 160 Å². The predicted molar refractivity (Wildman–Crippen MR) is 362 cm³/mol. The molecule has 0 spiro atoms. The fourth-order valence-corrected chi connectivity index (χ4v) is 8.11. The SMILES string of the molecule is CC.CC.CC.CC.CC.CC(C)(C)OC(=O)N1CCN(c2noc3ccccc23)CC1.CC(C)(C)OC(=O)N1CCNCC1.Clc1noc2ccccc12.O=C(NO)c1ccccc1O.O=C(O)c1ccccc1O.c1ccc2c(N3CCNCC3)noc2c1. The fourth-order valence-electron chi connectivity index (χ4n) is 7.91. The van der Waals surface area contributed by atoms with E-state index in [9.17, 15) is 19.2 Å². The van der Waals surface area contributed by atoms with E-state index >= 15 is 0 Å². The summed E-state index contributed by atoms with van der Waals surface area (Å²) in [6, 6.07) is 35.0. The third kappa shape index (κ3) is 28.0. The summed E-state index contributed by atoms with van der Waals surface area (Å²) in [7, 11) is 0. The first-order valence-electron chi connectivity index (χ1n) is 31.0. The number of phenols is 2. The Hall–Kier alpha value is -8.64. The molecule has 0 unspecified atom stereocenters. The van der Waals surface area contributed by atoms with Gasteiger partial charge >= 0.3 is 18.2 Å². The van der Waals surface area contributed by atoms with Crippen LogP contribution in [0.1, 0.15) is 131 Å². The molecule has 24 heteroatoms. The van der Waals surface area contributed by atoms with Gasteiger partial charge in [-0.2, -0.15) is 0 Å². The van der Waals surface area contributed by atoms with Crippen molar-refractivity contribution in [2.45, 2.75) is 122 Å². The first-order chi connectivity index (χ1) is 43.7. The molecule has 11 rings (SSSR count). The van der Waals surface area contributed by atoms with Crippen molar-refractivity contribution in [2.24, 2.45) is 0 Å². The number of hydrogen-bond acceptors (Lipinski definition) is 19. The van der Waals surface area contributed by atoms with Crippen LogP contribution in [0.15, 0.2) is 135 Å². The lowest BCUT2D eigenvalue weighted by molar-refractivity contribution is 0.0222. The molecule has 91 heavy (non-hydrogen) atoms. The Morgan fingerprint density at radius 1 is 0.473 bits per heavy atom. The summed E-state index contributed by atoms with van der Waals surface area (Å²) in [5.74, 6) is -0.359. The average Bonchev–Trinajstić information content (AvgIpc) is 1.78. The molecule has 3 aliphatic heterocycles. The number of aromatic carboxylic acids is 1. The molecule has 0 radical (unpaired) electrons. The van der Waals surface area contributed by atoms with Crippen molar-refractivity contribution in [3.8, 4) is 11.5 Å². The number of benzene rings is 5. The lowest BCUT2D eigenvalue weighted by Gasteiger charge is -2.35. The van der Waals surface area contributed by atoms with Crippen LogP contribution in [-0.2, 0) is 9.47 Å². The number of phenolic OH excluding ortho intramolecular Hbond substituents is 1. The van der Waals surface area contributed by atoms with Crippen molar-refractivity contribution < 1.29 is 62.7 Å². The summed E-state index contributed by atoms with van der Waals surface area (Å²) in [6.07, 6.45) is -0.453. The standard InChI is InChI=1S/C16H21N3O3.C11H13N3O.C9H18N2O2.C7H4ClNO.C7H7NO3.C7H6O3.5C2H6/c1-16(2,3)21-15(20)19-10-8-18(9-11-19)14-12-6-4-5-7-13(12)22-17-14;1-2-4-10-9(3-1)11(13-15-10)14-7-5-12-6-8-14;1-9(2,3)13-8(12)11-6-4-10-5-7-11;8-7-5-3-1-2-4-6(5)10-9-7;9-6-4-2-1-3-5(6)7(10)8-11;8-6-4-2-1-3-5(6)7(9)10;5*1-2/h4-7H,8-11H2,1-3H3;1-4,12H,5-8H2;10H,4-7H2,1-3H3;1-4H;1-4,9,11H,(H,8,10);1-4,8H,(H,9,10);5*1-2H3. The van der Waals surface area contributed by atoms with E-state index < -0.39 is 17.5 Å². The van der Waals surface area contributed by atoms with Crippen LogP contribution in [0.5, 0.6) is 11.5 Å². The van der Waals surface area contributed by atoms with Gasteiger partial charge in [-0.3, -0.25) is 10.0 Å². The molecule has 7 N–H and O–H groups in total. The number of rotatable bonds is 4. The fraction of sp³-hybridized carbons (Fsp3) is 0.448. The van der Waals surface area contributed by atoms with E-state index in [0.717, 1.165) is 110 Å². The summed E-state index contributed by atoms with van der Waals surface area (Å²) in [5.41, 5.74) is 2.94. The number of carbonyl (C=O) groups excluding carboxylic acids is 3. The maximum atomic E-state index is 12.1. The van der Waals surface area contributed by atoms with Gasteiger partial charge in [0.1, 0.15) is 28.3 Å². The lowest BCUT2D eigenvalue weighted by atomic mass is 10.2. The Labute approximate surface area is 541 Å². The number of carbonyl (C=O) groups is 4. The van der Waals surface area contributed by atoms with Gasteiger partial charge in [-0.15, -0.1) is 0 Å². The van der Waals surface area contributed by atoms with E-state index in [2.05, 4.69) is 42.0 Å². The molecule has 5 aromatic carbocycles. The zero-order valence-corrected chi connectivity index (χ0v) is 56.8. The van der Waals surface area contributed by atoms with Crippen molar-refractivity contribution in [3.63, 3.8) is 0 Å². The molecule has 0 aliphatic carbocycles. The minimum atomic E-state index is -1.11. The van der Waals surface area contributed by atoms with Crippen LogP contribution >= 0.6 is 11.6 Å².